The Labute approximate surface area is 126 Å². The molecule has 2 aromatic carbocycles. The smallest absolute Gasteiger partial charge is 0.0598 e. The number of halogens is 3. The number of H-pyrrole nitrogens is 1. The van der Waals surface area contributed by atoms with Crippen LogP contribution in [-0.2, 0) is 0 Å². The molecule has 0 aliphatic heterocycles. The molecule has 0 spiro atoms. The molecule has 0 bridgehead atoms. The van der Waals surface area contributed by atoms with Crippen molar-refractivity contribution in [2.24, 2.45) is 0 Å². The van der Waals surface area contributed by atoms with Gasteiger partial charge in [-0.2, -0.15) is 0 Å². The Morgan fingerprint density at radius 1 is 0.842 bits per heavy atom. The van der Waals surface area contributed by atoms with E-state index in [2.05, 4.69) is 17.1 Å². The van der Waals surface area contributed by atoms with E-state index in [0.717, 1.165) is 27.7 Å². The van der Waals surface area contributed by atoms with E-state index in [1.807, 2.05) is 25.1 Å². The lowest BCUT2D eigenvalue weighted by Gasteiger charge is -2.06. The van der Waals surface area contributed by atoms with Crippen LogP contribution in [0.15, 0.2) is 36.4 Å². The number of nitrogens with one attached hydrogen (secondary N) is 1. The molecule has 0 radical (unpaired) electrons. The number of aryl methyl sites for hydroxylation is 1. The molecule has 0 aliphatic carbocycles. The molecular weight excluding hydrogens is 301 g/mol. The van der Waals surface area contributed by atoms with Crippen LogP contribution in [0.2, 0.25) is 15.1 Å². The molecule has 0 aliphatic rings. The molecule has 96 valence electrons. The largest absolute Gasteiger partial charge is 0.359 e. The number of hydrogen-bond acceptors (Lipinski definition) is 0. The fourth-order valence-electron chi connectivity index (χ4n) is 2.18. The Balaban J connectivity index is 2.23. The van der Waals surface area contributed by atoms with Crippen LogP contribution in [0.5, 0.6) is 0 Å². The highest BCUT2D eigenvalue weighted by atomic mass is 35.5. The summed E-state index contributed by atoms with van der Waals surface area (Å²) in [6.07, 6.45) is 0. The van der Waals surface area contributed by atoms with E-state index in [-0.39, 0.29) is 0 Å². The van der Waals surface area contributed by atoms with E-state index in [1.54, 1.807) is 6.07 Å². The summed E-state index contributed by atoms with van der Waals surface area (Å²) in [5.74, 6) is 0. The lowest BCUT2D eigenvalue weighted by molar-refractivity contribution is 1.30. The standard InChI is InChI=1S/C15H10Cl3N/c1-8-4-10-5-11(13(17)7-15(10)19-8)9-2-3-12(16)14(18)6-9/h2-7,19H,1H3. The van der Waals surface area contributed by atoms with Gasteiger partial charge in [-0.15, -0.1) is 0 Å². The van der Waals surface area contributed by atoms with Crippen LogP contribution in [0.1, 0.15) is 5.69 Å². The summed E-state index contributed by atoms with van der Waals surface area (Å²) < 4.78 is 0. The monoisotopic (exact) mass is 309 g/mol. The second kappa shape index (κ2) is 4.75. The van der Waals surface area contributed by atoms with Gasteiger partial charge in [0.05, 0.1) is 15.1 Å². The van der Waals surface area contributed by atoms with Crippen LogP contribution in [0.25, 0.3) is 22.0 Å². The molecule has 4 heteroatoms. The first kappa shape index (κ1) is 12.9. The van der Waals surface area contributed by atoms with Gasteiger partial charge in [0.2, 0.25) is 0 Å². The molecule has 3 rings (SSSR count). The molecule has 0 amide bonds. The van der Waals surface area contributed by atoms with Crippen LogP contribution in [-0.4, -0.2) is 4.98 Å². The molecule has 0 saturated carbocycles. The molecule has 0 fully saturated rings. The second-order valence-electron chi connectivity index (χ2n) is 4.50. The van der Waals surface area contributed by atoms with Crippen LogP contribution in [0, 0.1) is 6.92 Å². The molecule has 0 unspecified atom stereocenters. The van der Waals surface area contributed by atoms with Crippen LogP contribution < -0.4 is 0 Å². The zero-order valence-corrected chi connectivity index (χ0v) is 12.4. The van der Waals surface area contributed by atoms with Crippen molar-refractivity contribution in [2.45, 2.75) is 6.92 Å². The highest BCUT2D eigenvalue weighted by Crippen LogP contribution is 2.35. The molecule has 1 N–H and O–H groups in total. The van der Waals surface area contributed by atoms with Crippen LogP contribution in [0.4, 0.5) is 0 Å². The molecule has 19 heavy (non-hydrogen) atoms. The summed E-state index contributed by atoms with van der Waals surface area (Å²) >= 11 is 18.3. The highest BCUT2D eigenvalue weighted by molar-refractivity contribution is 6.42. The minimum Gasteiger partial charge on any atom is -0.359 e. The van der Waals surface area contributed by atoms with Gasteiger partial charge in [-0.1, -0.05) is 40.9 Å². The number of aromatic amines is 1. The van der Waals surface area contributed by atoms with Gasteiger partial charge in [0, 0.05) is 22.2 Å². The number of aromatic nitrogens is 1. The Morgan fingerprint density at radius 3 is 2.37 bits per heavy atom. The van der Waals surface area contributed by atoms with Crippen LogP contribution in [0.3, 0.4) is 0 Å². The fourth-order valence-corrected chi connectivity index (χ4v) is 2.76. The van der Waals surface area contributed by atoms with Gasteiger partial charge in [-0.05, 0) is 42.8 Å². The zero-order chi connectivity index (χ0) is 13.6. The van der Waals surface area contributed by atoms with Crippen molar-refractivity contribution in [3.63, 3.8) is 0 Å². The lowest BCUT2D eigenvalue weighted by Crippen LogP contribution is -1.81. The predicted molar refractivity (Wildman–Crippen MR) is 83.5 cm³/mol. The predicted octanol–water partition coefficient (Wildman–Crippen LogP) is 6.10. The maximum Gasteiger partial charge on any atom is 0.0598 e. The minimum absolute atomic E-state index is 0.528. The van der Waals surface area contributed by atoms with E-state index in [1.165, 1.54) is 0 Å². The van der Waals surface area contributed by atoms with Gasteiger partial charge in [-0.25, -0.2) is 0 Å². The molecule has 1 aromatic heterocycles. The topological polar surface area (TPSA) is 15.8 Å². The first-order valence-corrected chi connectivity index (χ1v) is 6.92. The zero-order valence-electron chi connectivity index (χ0n) is 10.1. The number of fused-ring (bicyclic) bond motifs is 1. The maximum absolute atomic E-state index is 6.34. The normalized spacial score (nSPS) is 11.2. The average Bonchev–Trinajstić information content (AvgIpc) is 2.71. The summed E-state index contributed by atoms with van der Waals surface area (Å²) in [6.45, 7) is 2.02. The molecule has 0 saturated heterocycles. The summed E-state index contributed by atoms with van der Waals surface area (Å²) in [5.41, 5.74) is 4.05. The fraction of sp³-hybridized carbons (Fsp3) is 0.0667. The van der Waals surface area contributed by atoms with Gasteiger partial charge < -0.3 is 4.98 Å². The quantitative estimate of drug-likeness (QED) is 0.558. The summed E-state index contributed by atoms with van der Waals surface area (Å²) in [4.78, 5) is 3.27. The third-order valence-corrected chi connectivity index (χ3v) is 4.13. The van der Waals surface area contributed by atoms with Gasteiger partial charge >= 0.3 is 0 Å². The Morgan fingerprint density at radius 2 is 1.63 bits per heavy atom. The Hall–Kier alpha value is -1.15. The van der Waals surface area contributed by atoms with E-state index < -0.39 is 0 Å². The van der Waals surface area contributed by atoms with E-state index in [4.69, 9.17) is 34.8 Å². The Kier molecular flexibility index (Phi) is 3.22. The van der Waals surface area contributed by atoms with Gasteiger partial charge in [-0.3, -0.25) is 0 Å². The van der Waals surface area contributed by atoms with Crippen molar-refractivity contribution in [1.29, 1.82) is 0 Å². The summed E-state index contributed by atoms with van der Waals surface area (Å²) in [5, 5.41) is 2.89. The Bertz CT molecular complexity index is 774. The molecule has 3 aromatic rings. The van der Waals surface area contributed by atoms with Crippen molar-refractivity contribution in [2.75, 3.05) is 0 Å². The van der Waals surface area contributed by atoms with E-state index >= 15 is 0 Å². The number of rotatable bonds is 1. The summed E-state index contributed by atoms with van der Waals surface area (Å²) in [6, 6.07) is 11.6. The second-order valence-corrected chi connectivity index (χ2v) is 5.72. The third-order valence-electron chi connectivity index (χ3n) is 3.07. The van der Waals surface area contributed by atoms with Crippen molar-refractivity contribution in [1.82, 2.24) is 4.98 Å². The first-order chi connectivity index (χ1) is 9.04. The number of hydrogen-bond donors (Lipinski definition) is 1. The number of benzene rings is 2. The van der Waals surface area contributed by atoms with Crippen LogP contribution >= 0.6 is 34.8 Å². The minimum atomic E-state index is 0.528. The average molecular weight is 311 g/mol. The van der Waals surface area contributed by atoms with Gasteiger partial charge in [0.25, 0.3) is 0 Å². The van der Waals surface area contributed by atoms with Crippen molar-refractivity contribution in [3.8, 4) is 11.1 Å². The van der Waals surface area contributed by atoms with E-state index in [0.29, 0.717) is 15.1 Å². The van der Waals surface area contributed by atoms with Gasteiger partial charge in [0.1, 0.15) is 0 Å². The van der Waals surface area contributed by atoms with Crippen molar-refractivity contribution < 1.29 is 0 Å². The molecule has 1 nitrogen and oxygen atoms in total. The SMILES string of the molecule is Cc1cc2cc(-c3ccc(Cl)c(Cl)c3)c(Cl)cc2[nH]1. The van der Waals surface area contributed by atoms with E-state index in [9.17, 15) is 0 Å². The van der Waals surface area contributed by atoms with Crippen molar-refractivity contribution >= 4 is 45.7 Å². The molecule has 0 atom stereocenters. The molecular formula is C15H10Cl3N. The highest BCUT2D eigenvalue weighted by Gasteiger charge is 2.09. The van der Waals surface area contributed by atoms with Crippen molar-refractivity contribution in [3.05, 3.63) is 57.2 Å². The maximum atomic E-state index is 6.34. The lowest BCUT2D eigenvalue weighted by atomic mass is 10.0. The summed E-state index contributed by atoms with van der Waals surface area (Å²) in [7, 11) is 0. The first-order valence-electron chi connectivity index (χ1n) is 5.79. The third kappa shape index (κ3) is 2.34. The van der Waals surface area contributed by atoms with Gasteiger partial charge in [0.15, 0.2) is 0 Å². The molecule has 1 heterocycles.